The number of carbonyl (C=O) groups is 4. The van der Waals surface area contributed by atoms with Gasteiger partial charge in [-0.25, -0.2) is 4.79 Å². The number of hydrogen-bond acceptors (Lipinski definition) is 27. The number of aromatic hydroxyl groups is 1. The molecule has 1 aromatic rings. The van der Waals surface area contributed by atoms with Crippen LogP contribution in [-0.4, -0.2) is 266 Å². The Morgan fingerprint density at radius 3 is 1.88 bits per heavy atom. The Kier molecular flexibility index (Phi) is 24.4. The van der Waals surface area contributed by atoms with Gasteiger partial charge in [0.2, 0.25) is 11.7 Å². The molecule has 30 nitrogen and oxygen atoms in total. The molecule has 15 unspecified atom stereocenters. The summed E-state index contributed by atoms with van der Waals surface area (Å²) in [5, 5.41) is 147. The van der Waals surface area contributed by atoms with E-state index in [1.807, 2.05) is 0 Å². The molecule has 78 heavy (non-hydrogen) atoms. The number of methoxy groups -OCH3 is 3. The molecule has 446 valence electrons. The normalized spacial score (nSPS) is 35.9. The lowest BCUT2D eigenvalue weighted by molar-refractivity contribution is -0.390. The monoisotopic (exact) mass is 1130 g/mol. The van der Waals surface area contributed by atoms with Gasteiger partial charge in [-0.3, -0.25) is 14.4 Å². The maximum absolute atomic E-state index is 14.5. The number of esters is 1. The molecule has 21 atom stereocenters. The molecule has 0 aliphatic carbocycles. The van der Waals surface area contributed by atoms with Gasteiger partial charge < -0.3 is 129 Å². The van der Waals surface area contributed by atoms with Gasteiger partial charge >= 0.3 is 11.9 Å². The molecule has 0 bridgehead atoms. The second-order valence-electron chi connectivity index (χ2n) is 19.3. The number of aliphatic carboxylic acids is 1. The maximum atomic E-state index is 14.5. The van der Waals surface area contributed by atoms with E-state index in [1.165, 1.54) is 28.3 Å². The van der Waals surface area contributed by atoms with E-state index in [9.17, 15) is 85.6 Å². The van der Waals surface area contributed by atoms with E-state index in [4.69, 9.17) is 47.4 Å². The molecule has 0 aromatic heterocycles. The third kappa shape index (κ3) is 15.4. The van der Waals surface area contributed by atoms with Crippen LogP contribution in [0.3, 0.4) is 0 Å². The molecule has 1 aromatic carbocycles. The fourth-order valence-electron chi connectivity index (χ4n) is 9.52. The first-order valence-electron chi connectivity index (χ1n) is 25.4. The van der Waals surface area contributed by atoms with E-state index in [2.05, 4.69) is 15.4 Å². The zero-order chi connectivity index (χ0) is 57.8. The number of phenolic OH excluding ortho intramolecular Hbond substituents is 1. The third-order valence-corrected chi connectivity index (χ3v) is 13.9. The molecule has 0 radical (unpaired) electrons. The molecule has 0 saturated carbocycles. The topological polar surface area (TPSA) is 457 Å². The lowest BCUT2D eigenvalue weighted by Gasteiger charge is -2.52. The Labute approximate surface area is 447 Å². The van der Waals surface area contributed by atoms with Crippen molar-refractivity contribution >= 4 is 23.8 Å². The van der Waals surface area contributed by atoms with Crippen molar-refractivity contribution < 1.29 is 138 Å². The molecular weight excluding hydrogens is 1050 g/mol. The van der Waals surface area contributed by atoms with Gasteiger partial charge in [0.05, 0.1) is 59.4 Å². The van der Waals surface area contributed by atoms with Gasteiger partial charge in [0.25, 0.3) is 11.7 Å². The maximum Gasteiger partial charge on any atom is 0.364 e. The highest BCUT2D eigenvalue weighted by Gasteiger charge is 2.61. The summed E-state index contributed by atoms with van der Waals surface area (Å²) in [4.78, 5) is 51.5. The molecular formula is C48H76N2O28. The largest absolute Gasteiger partial charge is 0.502 e. The zero-order valence-corrected chi connectivity index (χ0v) is 43.6. The highest BCUT2D eigenvalue weighted by atomic mass is 16.8. The zero-order valence-electron chi connectivity index (χ0n) is 43.6. The Bertz CT molecular complexity index is 2070. The van der Waals surface area contributed by atoms with Crippen molar-refractivity contribution in [1.29, 1.82) is 0 Å². The summed E-state index contributed by atoms with van der Waals surface area (Å²) >= 11 is 0. The van der Waals surface area contributed by atoms with Crippen LogP contribution in [-0.2, 0) is 57.0 Å². The van der Waals surface area contributed by atoms with E-state index in [1.54, 1.807) is 0 Å². The van der Waals surface area contributed by atoms with Gasteiger partial charge in [0.15, 0.2) is 30.4 Å². The SMILES string of the molecule is COC(=O)CCCCCCCCO[C@@H]1OC(CO)[C@H](OC2OC(C)[C@@H](O)C(O)C2O)C(OC2OC(CO)[C@@H](O)C(O[C@]3(C(=O)O)CC(O)[C@@H](NC(C)=O)C(C(O)C(O)CO)O3)C2O)C1NC(=O)c1cc(OC)c(O)c(OC)c1. The van der Waals surface area contributed by atoms with Crippen molar-refractivity contribution in [1.82, 2.24) is 10.6 Å². The minimum absolute atomic E-state index is 0.0866. The van der Waals surface area contributed by atoms with Gasteiger partial charge in [0.1, 0.15) is 85.4 Å². The predicted octanol–water partition coefficient (Wildman–Crippen LogP) is -5.28. The number of unbranched alkanes of at least 4 members (excludes halogenated alkanes) is 5. The molecule has 0 spiro atoms. The Balaban J connectivity index is 1.58. The molecule has 15 N–H and O–H groups in total. The third-order valence-electron chi connectivity index (χ3n) is 13.9. The van der Waals surface area contributed by atoms with Crippen molar-refractivity contribution in [2.45, 2.75) is 194 Å². The summed E-state index contributed by atoms with van der Waals surface area (Å²) in [5.41, 5.74) is -0.222. The number of carboxylic acids is 1. The number of benzene rings is 1. The lowest BCUT2D eigenvalue weighted by atomic mass is 9.88. The summed E-state index contributed by atoms with van der Waals surface area (Å²) in [6, 6.07) is -1.10. The number of aliphatic hydroxyl groups is 11. The number of carboxylic acid groups (broad SMARTS) is 1. The van der Waals surface area contributed by atoms with Crippen LogP contribution < -0.4 is 20.1 Å². The molecule has 30 heteroatoms. The van der Waals surface area contributed by atoms with Gasteiger partial charge in [-0.1, -0.05) is 25.7 Å². The van der Waals surface area contributed by atoms with Gasteiger partial charge in [0, 0.05) is 31.9 Å². The van der Waals surface area contributed by atoms with Crippen molar-refractivity contribution in [3.05, 3.63) is 17.7 Å². The number of aliphatic hydroxyl groups excluding tert-OH is 11. The fourth-order valence-corrected chi connectivity index (χ4v) is 9.52. The number of amides is 2. The van der Waals surface area contributed by atoms with Crippen molar-refractivity contribution in [2.75, 3.05) is 47.8 Å². The summed E-state index contributed by atoms with van der Waals surface area (Å²) in [7, 11) is 3.70. The van der Waals surface area contributed by atoms with Crippen LogP contribution in [0.25, 0.3) is 0 Å². The van der Waals surface area contributed by atoms with Crippen molar-refractivity contribution in [3.8, 4) is 17.2 Å². The van der Waals surface area contributed by atoms with Crippen LogP contribution in [0.5, 0.6) is 17.2 Å². The van der Waals surface area contributed by atoms with E-state index >= 15 is 0 Å². The standard InChI is InChI=1S/C48H76N2O28/c1-20-32(58)36(62)37(63)45(72-20)75-39-28(19-53)74-44(71-13-11-9-7-6-8-10-12-29(57)70-5)31(50-43(65)22-14-25(68-3)34(60)26(15-22)69-4)41(39)76-46-38(64)42(35(61)27(18-52)73-46)78-48(47(66)67)16-23(55)30(49-21(2)54)40(77-48)33(59)24(56)17-51/h14-15,20,23-24,27-28,30-33,35-42,44-46,51-53,55-56,58-64H,6-13,16-19H2,1-5H3,(H,49,54)(H,50,65)(H,66,67)/t20?,23?,24?,27?,28?,30-,31?,32-,33?,35-,36?,37?,38?,39+,40?,41?,42?,44-,45?,46?,48+/m1/s1. The Hall–Kier alpha value is -4.26. The quantitative estimate of drug-likeness (QED) is 0.0289. The van der Waals surface area contributed by atoms with Crippen LogP contribution in [0.4, 0.5) is 0 Å². The van der Waals surface area contributed by atoms with Crippen LogP contribution >= 0.6 is 0 Å². The second-order valence-corrected chi connectivity index (χ2v) is 19.3. The summed E-state index contributed by atoms with van der Waals surface area (Å²) < 4.78 is 63.6. The predicted molar refractivity (Wildman–Crippen MR) is 256 cm³/mol. The highest BCUT2D eigenvalue weighted by molar-refractivity contribution is 5.96. The lowest BCUT2D eigenvalue weighted by Crippen LogP contribution is -2.71. The number of nitrogens with one attached hydrogen (secondary N) is 2. The summed E-state index contributed by atoms with van der Waals surface area (Å²) in [6.45, 7) is -0.920. The minimum atomic E-state index is -3.20. The Morgan fingerprint density at radius 2 is 1.31 bits per heavy atom. The minimum Gasteiger partial charge on any atom is -0.502 e. The van der Waals surface area contributed by atoms with Crippen LogP contribution in [0.1, 0.15) is 75.6 Å². The van der Waals surface area contributed by atoms with Crippen LogP contribution in [0.15, 0.2) is 12.1 Å². The molecule has 4 fully saturated rings. The summed E-state index contributed by atoms with van der Waals surface area (Å²) in [6.07, 6.45) is -32.1. The van der Waals surface area contributed by atoms with Gasteiger partial charge in [-0.2, -0.15) is 0 Å². The smallest absolute Gasteiger partial charge is 0.364 e. The first-order chi connectivity index (χ1) is 37.0. The Morgan fingerprint density at radius 1 is 0.718 bits per heavy atom. The van der Waals surface area contributed by atoms with E-state index in [0.29, 0.717) is 25.7 Å². The van der Waals surface area contributed by atoms with Crippen LogP contribution in [0, 0.1) is 0 Å². The number of carbonyl (C=O) groups excluding carboxylic acids is 3. The molecule has 5 rings (SSSR count). The highest BCUT2D eigenvalue weighted by Crippen LogP contribution is 2.41. The van der Waals surface area contributed by atoms with E-state index in [-0.39, 0.29) is 36.1 Å². The van der Waals surface area contributed by atoms with E-state index < -0.39 is 178 Å². The van der Waals surface area contributed by atoms with Crippen molar-refractivity contribution in [3.63, 3.8) is 0 Å². The number of hydrogen-bond donors (Lipinski definition) is 15. The molecule has 4 aliphatic heterocycles. The van der Waals surface area contributed by atoms with Crippen LogP contribution in [0.2, 0.25) is 0 Å². The molecule has 4 aliphatic rings. The first-order valence-corrected chi connectivity index (χ1v) is 25.4. The summed E-state index contributed by atoms with van der Waals surface area (Å²) in [5.74, 6) is -8.28. The molecule has 4 heterocycles. The van der Waals surface area contributed by atoms with Gasteiger partial charge in [-0.15, -0.1) is 0 Å². The van der Waals surface area contributed by atoms with E-state index in [0.717, 1.165) is 31.9 Å². The number of phenols is 1. The number of ether oxygens (including phenoxy) is 11. The average molecular weight is 1130 g/mol. The van der Waals surface area contributed by atoms with Crippen molar-refractivity contribution in [2.24, 2.45) is 0 Å². The second kappa shape index (κ2) is 29.5. The average Bonchev–Trinajstić information content (AvgIpc) is 3.50. The molecule has 4 saturated heterocycles. The molecule has 2 amide bonds. The first kappa shape index (κ1) is 64.6. The van der Waals surface area contributed by atoms with Gasteiger partial charge in [-0.05, 0) is 31.9 Å². The number of rotatable bonds is 27. The fraction of sp³-hybridized carbons (Fsp3) is 0.792.